The van der Waals surface area contributed by atoms with Crippen LogP contribution in [0.1, 0.15) is 0 Å². The van der Waals surface area contributed by atoms with Crippen molar-refractivity contribution in [3.8, 4) is 11.4 Å². The maximum atomic E-state index is 11.9. The van der Waals surface area contributed by atoms with E-state index < -0.39 is 0 Å². The van der Waals surface area contributed by atoms with Crippen molar-refractivity contribution in [2.75, 3.05) is 0 Å². The molecular weight excluding hydrogens is 296 g/mol. The van der Waals surface area contributed by atoms with Gasteiger partial charge in [0.05, 0.1) is 5.52 Å². The number of benzene rings is 1. The van der Waals surface area contributed by atoms with E-state index in [0.29, 0.717) is 21.3 Å². The summed E-state index contributed by atoms with van der Waals surface area (Å²) < 4.78 is 2.49. The normalized spacial score (nSPS) is 11.4. The Balaban J connectivity index is 2.16. The lowest BCUT2D eigenvalue weighted by atomic mass is 10.2. The van der Waals surface area contributed by atoms with Gasteiger partial charge in [-0.15, -0.1) is 21.5 Å². The van der Waals surface area contributed by atoms with Gasteiger partial charge in [0, 0.05) is 10.6 Å². The van der Waals surface area contributed by atoms with Crippen LogP contribution in [0.25, 0.3) is 27.4 Å². The molecule has 5 nitrogen and oxygen atoms in total. The zero-order valence-electron chi connectivity index (χ0n) is 10.0. The molecule has 0 unspecified atom stereocenters. The van der Waals surface area contributed by atoms with Crippen LogP contribution in [0, 0.1) is 0 Å². The molecule has 0 atom stereocenters. The number of aromatic amines is 1. The third-order valence-corrected chi connectivity index (χ3v) is 4.20. The van der Waals surface area contributed by atoms with Crippen LogP contribution >= 0.6 is 22.9 Å². The van der Waals surface area contributed by atoms with Crippen molar-refractivity contribution in [3.05, 3.63) is 51.1 Å². The summed E-state index contributed by atoms with van der Waals surface area (Å²) in [5, 5.41) is 10.7. The van der Waals surface area contributed by atoms with Crippen molar-refractivity contribution in [3.63, 3.8) is 0 Å². The van der Waals surface area contributed by atoms with Gasteiger partial charge < -0.3 is 0 Å². The van der Waals surface area contributed by atoms with Crippen LogP contribution in [0.3, 0.4) is 0 Å². The van der Waals surface area contributed by atoms with E-state index in [4.69, 9.17) is 11.6 Å². The fourth-order valence-corrected chi connectivity index (χ4v) is 3.18. The van der Waals surface area contributed by atoms with Crippen molar-refractivity contribution in [1.82, 2.24) is 19.6 Å². The highest BCUT2D eigenvalue weighted by atomic mass is 35.5. The maximum Gasteiger partial charge on any atom is 0.270 e. The molecule has 20 heavy (non-hydrogen) atoms. The Morgan fingerprint density at radius 2 is 2.15 bits per heavy atom. The van der Waals surface area contributed by atoms with E-state index in [0.717, 1.165) is 11.1 Å². The van der Waals surface area contributed by atoms with Crippen LogP contribution in [0.5, 0.6) is 0 Å². The van der Waals surface area contributed by atoms with E-state index in [1.165, 1.54) is 11.3 Å². The molecule has 1 aromatic carbocycles. The topological polar surface area (TPSA) is 63.0 Å². The smallest absolute Gasteiger partial charge is 0.270 e. The molecule has 0 amide bonds. The van der Waals surface area contributed by atoms with E-state index in [9.17, 15) is 4.79 Å². The molecule has 0 saturated heterocycles. The van der Waals surface area contributed by atoms with Crippen LogP contribution in [-0.4, -0.2) is 19.6 Å². The summed E-state index contributed by atoms with van der Waals surface area (Å²) >= 11 is 7.42. The zero-order valence-corrected chi connectivity index (χ0v) is 11.6. The van der Waals surface area contributed by atoms with Gasteiger partial charge in [0.1, 0.15) is 4.70 Å². The molecule has 0 saturated carbocycles. The van der Waals surface area contributed by atoms with Crippen LogP contribution in [0.2, 0.25) is 5.02 Å². The number of halogens is 1. The maximum absolute atomic E-state index is 11.9. The van der Waals surface area contributed by atoms with Gasteiger partial charge in [-0.3, -0.25) is 14.2 Å². The molecule has 0 aliphatic carbocycles. The van der Waals surface area contributed by atoms with Gasteiger partial charge in [-0.1, -0.05) is 23.7 Å². The minimum atomic E-state index is -0.146. The number of fused-ring (bicyclic) bond motifs is 3. The Kier molecular flexibility index (Phi) is 2.42. The van der Waals surface area contributed by atoms with E-state index in [-0.39, 0.29) is 5.56 Å². The van der Waals surface area contributed by atoms with Gasteiger partial charge in [-0.05, 0) is 23.6 Å². The fourth-order valence-electron chi connectivity index (χ4n) is 2.21. The summed E-state index contributed by atoms with van der Waals surface area (Å²) in [6.45, 7) is 0. The van der Waals surface area contributed by atoms with Crippen LogP contribution < -0.4 is 5.56 Å². The molecular formula is C13H7ClN4OS. The molecule has 3 heterocycles. The summed E-state index contributed by atoms with van der Waals surface area (Å²) in [5.74, 6) is 1.08. The number of hydrogen-bond acceptors (Lipinski definition) is 4. The average molecular weight is 303 g/mol. The van der Waals surface area contributed by atoms with Crippen molar-refractivity contribution in [2.45, 2.75) is 0 Å². The minimum absolute atomic E-state index is 0.146. The molecule has 0 fully saturated rings. The zero-order chi connectivity index (χ0) is 13.7. The quantitative estimate of drug-likeness (QED) is 0.588. The summed E-state index contributed by atoms with van der Waals surface area (Å²) in [4.78, 5) is 14.6. The molecule has 7 heteroatoms. The first-order chi connectivity index (χ1) is 9.74. The summed E-state index contributed by atoms with van der Waals surface area (Å²) in [7, 11) is 0. The van der Waals surface area contributed by atoms with E-state index in [1.807, 2.05) is 34.0 Å². The largest absolute Gasteiger partial charge is 0.289 e. The molecule has 0 aliphatic heterocycles. The number of rotatable bonds is 1. The SMILES string of the molecule is O=c1[nH]c2nnc(-c3cccc(Cl)c3)n2c2ccsc12. The number of H-pyrrole nitrogens is 1. The Morgan fingerprint density at radius 3 is 3.00 bits per heavy atom. The van der Waals surface area contributed by atoms with Crippen LogP contribution in [0.15, 0.2) is 40.5 Å². The minimum Gasteiger partial charge on any atom is -0.289 e. The first kappa shape index (κ1) is 11.6. The molecule has 4 aromatic rings. The molecule has 1 N–H and O–H groups in total. The van der Waals surface area contributed by atoms with Crippen molar-refractivity contribution >= 4 is 38.9 Å². The lowest BCUT2D eigenvalue weighted by Gasteiger charge is -2.02. The molecule has 0 aliphatic rings. The predicted octanol–water partition coefficient (Wildman–Crippen LogP) is 2.95. The van der Waals surface area contributed by atoms with Crippen LogP contribution in [-0.2, 0) is 0 Å². The van der Waals surface area contributed by atoms with E-state index in [2.05, 4.69) is 15.2 Å². The monoisotopic (exact) mass is 302 g/mol. The Bertz CT molecular complexity index is 1000. The second-order valence-corrected chi connectivity index (χ2v) is 5.63. The van der Waals surface area contributed by atoms with Gasteiger partial charge in [0.15, 0.2) is 5.82 Å². The lowest BCUT2D eigenvalue weighted by Crippen LogP contribution is -2.08. The van der Waals surface area contributed by atoms with Gasteiger partial charge in [0.2, 0.25) is 5.78 Å². The van der Waals surface area contributed by atoms with Crippen molar-refractivity contribution in [2.24, 2.45) is 0 Å². The number of hydrogen-bond donors (Lipinski definition) is 1. The Morgan fingerprint density at radius 1 is 1.25 bits per heavy atom. The summed E-state index contributed by atoms with van der Waals surface area (Å²) in [6.07, 6.45) is 0. The second kappa shape index (κ2) is 4.16. The highest BCUT2D eigenvalue weighted by Crippen LogP contribution is 2.25. The van der Waals surface area contributed by atoms with Gasteiger partial charge >= 0.3 is 0 Å². The Hall–Kier alpha value is -2.18. The lowest BCUT2D eigenvalue weighted by molar-refractivity contribution is 1.09. The highest BCUT2D eigenvalue weighted by Gasteiger charge is 2.14. The van der Waals surface area contributed by atoms with Crippen molar-refractivity contribution < 1.29 is 0 Å². The number of nitrogens with one attached hydrogen (secondary N) is 1. The first-order valence-corrected chi connectivity index (χ1v) is 7.10. The fraction of sp³-hybridized carbons (Fsp3) is 0. The first-order valence-electron chi connectivity index (χ1n) is 5.84. The summed E-state index contributed by atoms with van der Waals surface area (Å²) in [5.41, 5.74) is 1.51. The number of thiophene rings is 1. The molecule has 98 valence electrons. The molecule has 4 rings (SSSR count). The van der Waals surface area contributed by atoms with Gasteiger partial charge in [0.25, 0.3) is 5.56 Å². The molecule has 0 radical (unpaired) electrons. The third-order valence-electron chi connectivity index (χ3n) is 3.06. The summed E-state index contributed by atoms with van der Waals surface area (Å²) in [6, 6.07) is 9.28. The molecule has 3 aromatic heterocycles. The molecule has 0 bridgehead atoms. The van der Waals surface area contributed by atoms with Gasteiger partial charge in [-0.25, -0.2) is 0 Å². The standard InChI is InChI=1S/C13H7ClN4OS/c14-8-3-1-2-7(6-8)11-16-17-13-15-12(19)10-9(18(11)13)4-5-20-10/h1-6H,(H,15,17,19). The number of aromatic nitrogens is 4. The highest BCUT2D eigenvalue weighted by molar-refractivity contribution is 7.17. The van der Waals surface area contributed by atoms with E-state index >= 15 is 0 Å². The predicted molar refractivity (Wildman–Crippen MR) is 79.4 cm³/mol. The second-order valence-electron chi connectivity index (χ2n) is 4.28. The average Bonchev–Trinajstić information content (AvgIpc) is 3.04. The third kappa shape index (κ3) is 1.59. The van der Waals surface area contributed by atoms with Gasteiger partial charge in [-0.2, -0.15) is 0 Å². The van der Waals surface area contributed by atoms with Crippen molar-refractivity contribution in [1.29, 1.82) is 0 Å². The number of nitrogens with zero attached hydrogens (tertiary/aromatic N) is 3. The van der Waals surface area contributed by atoms with E-state index in [1.54, 1.807) is 6.07 Å². The molecule has 0 spiro atoms. The Labute approximate surface area is 121 Å². The van der Waals surface area contributed by atoms with Crippen LogP contribution in [0.4, 0.5) is 0 Å².